The Morgan fingerprint density at radius 3 is 2.00 bits per heavy atom. The van der Waals surface area contributed by atoms with E-state index >= 15 is 0 Å². The summed E-state index contributed by atoms with van der Waals surface area (Å²) in [4.78, 5) is 54.7. The summed E-state index contributed by atoms with van der Waals surface area (Å²) in [6.45, 7) is 0.883. The zero-order valence-electron chi connectivity index (χ0n) is 21.5. The van der Waals surface area contributed by atoms with Crippen LogP contribution in [0.25, 0.3) is 0 Å². The third-order valence-electron chi connectivity index (χ3n) is 7.37. The maximum absolute atomic E-state index is 13.6. The molecule has 9 heteroatoms. The Morgan fingerprint density at radius 1 is 0.842 bits per heavy atom. The minimum atomic E-state index is -1.00. The van der Waals surface area contributed by atoms with Crippen molar-refractivity contribution in [1.29, 1.82) is 0 Å². The number of amides is 3. The lowest BCUT2D eigenvalue weighted by molar-refractivity contribution is -0.147. The van der Waals surface area contributed by atoms with Crippen molar-refractivity contribution < 1.29 is 24.3 Å². The molecule has 2 aliphatic rings. The second-order valence-corrected chi connectivity index (χ2v) is 10.2. The van der Waals surface area contributed by atoms with Crippen LogP contribution in [-0.4, -0.2) is 75.9 Å². The number of likely N-dealkylation sites (tertiary alicyclic amines) is 2. The van der Waals surface area contributed by atoms with Crippen LogP contribution in [0.5, 0.6) is 0 Å². The fourth-order valence-corrected chi connectivity index (χ4v) is 5.53. The van der Waals surface area contributed by atoms with Gasteiger partial charge in [0.15, 0.2) is 0 Å². The van der Waals surface area contributed by atoms with Crippen LogP contribution >= 0.6 is 0 Å². The van der Waals surface area contributed by atoms with E-state index in [0.717, 1.165) is 11.1 Å². The Hall–Kier alpha value is -3.72. The van der Waals surface area contributed by atoms with E-state index < -0.39 is 30.1 Å². The summed E-state index contributed by atoms with van der Waals surface area (Å²) >= 11 is 0. The van der Waals surface area contributed by atoms with Gasteiger partial charge in [0, 0.05) is 19.1 Å². The van der Waals surface area contributed by atoms with Crippen molar-refractivity contribution in [3.05, 3.63) is 71.8 Å². The molecule has 0 spiro atoms. The average molecular weight is 521 g/mol. The van der Waals surface area contributed by atoms with Gasteiger partial charge in [-0.15, -0.1) is 0 Å². The van der Waals surface area contributed by atoms with Crippen molar-refractivity contribution in [3.8, 4) is 0 Å². The van der Waals surface area contributed by atoms with Gasteiger partial charge in [-0.1, -0.05) is 60.7 Å². The molecular weight excluding hydrogens is 484 g/mol. The zero-order chi connectivity index (χ0) is 27.1. The molecule has 0 aliphatic carbocycles. The van der Waals surface area contributed by atoms with Gasteiger partial charge in [-0.05, 0) is 49.7 Å². The van der Waals surface area contributed by atoms with E-state index in [1.54, 1.807) is 9.80 Å². The van der Waals surface area contributed by atoms with Crippen molar-refractivity contribution in [3.63, 3.8) is 0 Å². The molecule has 202 valence electrons. The fourth-order valence-electron chi connectivity index (χ4n) is 5.53. The van der Waals surface area contributed by atoms with Gasteiger partial charge in [0.1, 0.15) is 12.1 Å². The van der Waals surface area contributed by atoms with E-state index in [1.807, 2.05) is 60.7 Å². The number of nitrogens with one attached hydrogen (secondary N) is 1. The Labute approximate surface area is 223 Å². The summed E-state index contributed by atoms with van der Waals surface area (Å²) in [7, 11) is 0. The molecule has 2 saturated heterocycles. The predicted molar refractivity (Wildman–Crippen MR) is 142 cm³/mol. The summed E-state index contributed by atoms with van der Waals surface area (Å²) in [6, 6.07) is 16.2. The van der Waals surface area contributed by atoms with Crippen LogP contribution in [0.2, 0.25) is 0 Å². The number of aliphatic carboxylic acids is 1. The smallest absolute Gasteiger partial charge is 0.305 e. The van der Waals surface area contributed by atoms with Crippen LogP contribution < -0.4 is 11.1 Å². The Balaban J connectivity index is 1.41. The van der Waals surface area contributed by atoms with Gasteiger partial charge in [-0.3, -0.25) is 19.2 Å². The van der Waals surface area contributed by atoms with E-state index in [9.17, 15) is 24.3 Å². The highest BCUT2D eigenvalue weighted by Gasteiger charge is 2.43. The monoisotopic (exact) mass is 520 g/mol. The second kappa shape index (κ2) is 12.7. The molecule has 2 fully saturated rings. The van der Waals surface area contributed by atoms with Gasteiger partial charge in [-0.25, -0.2) is 0 Å². The summed E-state index contributed by atoms with van der Waals surface area (Å²) in [5, 5.41) is 12.3. The number of nitrogens with two attached hydrogens (primary N) is 1. The first kappa shape index (κ1) is 27.3. The first-order chi connectivity index (χ1) is 18.3. The number of nitrogens with zero attached hydrogens (tertiary/aromatic N) is 2. The molecule has 4 N–H and O–H groups in total. The number of carbonyl (C=O) groups excluding carboxylic acids is 3. The van der Waals surface area contributed by atoms with E-state index in [-0.39, 0.29) is 24.1 Å². The van der Waals surface area contributed by atoms with Gasteiger partial charge in [0.05, 0.1) is 12.5 Å². The van der Waals surface area contributed by atoms with Crippen LogP contribution in [0.15, 0.2) is 60.7 Å². The third-order valence-corrected chi connectivity index (χ3v) is 7.37. The number of carboxylic acid groups (broad SMARTS) is 1. The highest BCUT2D eigenvalue weighted by molar-refractivity contribution is 5.94. The number of hydrogen-bond acceptors (Lipinski definition) is 5. The van der Waals surface area contributed by atoms with E-state index in [4.69, 9.17) is 5.73 Å². The van der Waals surface area contributed by atoms with Crippen LogP contribution in [0.3, 0.4) is 0 Å². The molecule has 2 aromatic carbocycles. The third kappa shape index (κ3) is 6.77. The second-order valence-electron chi connectivity index (χ2n) is 10.2. The van der Waals surface area contributed by atoms with Gasteiger partial charge in [0.25, 0.3) is 0 Å². The molecule has 0 bridgehead atoms. The Kier molecular flexibility index (Phi) is 9.12. The quantitative estimate of drug-likeness (QED) is 0.437. The molecule has 4 rings (SSSR count). The fraction of sp³-hybridized carbons (Fsp3) is 0.448. The van der Waals surface area contributed by atoms with Crippen molar-refractivity contribution in [1.82, 2.24) is 15.1 Å². The Morgan fingerprint density at radius 2 is 1.39 bits per heavy atom. The summed E-state index contributed by atoms with van der Waals surface area (Å²) in [5.74, 6) is -1.85. The molecule has 0 aromatic heterocycles. The maximum Gasteiger partial charge on any atom is 0.305 e. The number of benzene rings is 2. The van der Waals surface area contributed by atoms with Gasteiger partial charge in [0.2, 0.25) is 17.7 Å². The van der Waals surface area contributed by atoms with Crippen LogP contribution in [0.1, 0.15) is 43.2 Å². The molecule has 2 heterocycles. The lowest BCUT2D eigenvalue weighted by Crippen LogP contribution is -2.56. The molecule has 0 saturated carbocycles. The van der Waals surface area contributed by atoms with E-state index in [1.165, 1.54) is 0 Å². The molecular formula is C29H36N4O5. The van der Waals surface area contributed by atoms with Crippen molar-refractivity contribution in [2.75, 3.05) is 13.1 Å². The van der Waals surface area contributed by atoms with Gasteiger partial charge >= 0.3 is 5.97 Å². The lowest BCUT2D eigenvalue weighted by Gasteiger charge is -2.32. The largest absolute Gasteiger partial charge is 0.481 e. The van der Waals surface area contributed by atoms with Gasteiger partial charge < -0.3 is 26.0 Å². The van der Waals surface area contributed by atoms with Gasteiger partial charge in [-0.2, -0.15) is 0 Å². The topological polar surface area (TPSA) is 133 Å². The number of hydrogen-bond donors (Lipinski definition) is 3. The molecule has 9 nitrogen and oxygen atoms in total. The maximum atomic E-state index is 13.6. The van der Waals surface area contributed by atoms with E-state index in [2.05, 4.69) is 5.32 Å². The molecule has 3 amide bonds. The molecule has 2 aliphatic heterocycles. The lowest BCUT2D eigenvalue weighted by atomic mass is 10.0. The summed E-state index contributed by atoms with van der Waals surface area (Å²) in [5.41, 5.74) is 8.13. The number of rotatable bonds is 10. The molecule has 2 aromatic rings. The number of carbonyl (C=O) groups is 4. The first-order valence-corrected chi connectivity index (χ1v) is 13.3. The number of carboxylic acids is 1. The van der Waals surface area contributed by atoms with Crippen molar-refractivity contribution in [2.24, 2.45) is 5.73 Å². The average Bonchev–Trinajstić information content (AvgIpc) is 3.59. The standard InChI is InChI=1S/C29H36N4O5/c30-23(18-21-11-5-2-6-12-21)28(37)33-16-8-14-25(33)29(38)32-15-7-13-24(32)27(36)31-22(19-26(34)35)17-20-9-3-1-4-10-20/h1-6,9-12,22-25H,7-8,13-19,30H2,(H,31,36)(H,34,35)/t22-,23+,24+,25+/m1/s1. The van der Waals surface area contributed by atoms with Crippen LogP contribution in [-0.2, 0) is 32.0 Å². The van der Waals surface area contributed by atoms with Crippen molar-refractivity contribution in [2.45, 2.75) is 69.1 Å². The van der Waals surface area contributed by atoms with Crippen LogP contribution in [0, 0.1) is 0 Å². The normalized spacial score (nSPS) is 20.7. The summed E-state index contributed by atoms with van der Waals surface area (Å²) in [6.07, 6.45) is 2.94. The zero-order valence-corrected chi connectivity index (χ0v) is 21.5. The minimum Gasteiger partial charge on any atom is -0.481 e. The minimum absolute atomic E-state index is 0.217. The highest BCUT2D eigenvalue weighted by Crippen LogP contribution is 2.26. The van der Waals surface area contributed by atoms with Crippen molar-refractivity contribution >= 4 is 23.7 Å². The highest BCUT2D eigenvalue weighted by atomic mass is 16.4. The van der Waals surface area contributed by atoms with E-state index in [0.29, 0.717) is 51.6 Å². The molecule has 0 radical (unpaired) electrons. The molecule has 4 atom stereocenters. The van der Waals surface area contributed by atoms with Crippen LogP contribution in [0.4, 0.5) is 0 Å². The molecule has 0 unspecified atom stereocenters. The Bertz CT molecular complexity index is 1130. The SMILES string of the molecule is N[C@@H](Cc1ccccc1)C(=O)N1CCC[C@H]1C(=O)N1CCC[C@H]1C(=O)N[C@@H](CC(=O)O)Cc1ccccc1. The molecule has 38 heavy (non-hydrogen) atoms. The first-order valence-electron chi connectivity index (χ1n) is 13.3. The summed E-state index contributed by atoms with van der Waals surface area (Å²) < 4.78 is 0. The predicted octanol–water partition coefficient (Wildman–Crippen LogP) is 1.74.